The van der Waals surface area contributed by atoms with Crippen molar-refractivity contribution >= 4 is 28.9 Å². The first-order chi connectivity index (χ1) is 12.9. The summed E-state index contributed by atoms with van der Waals surface area (Å²) in [7, 11) is 0. The van der Waals surface area contributed by atoms with E-state index < -0.39 is 22.4 Å². The van der Waals surface area contributed by atoms with E-state index in [2.05, 4.69) is 5.32 Å². The first kappa shape index (κ1) is 27.5. The summed E-state index contributed by atoms with van der Waals surface area (Å²) in [6.45, 7) is 1.61. The van der Waals surface area contributed by atoms with Crippen molar-refractivity contribution in [1.29, 1.82) is 0 Å². The number of carboxylic acid groups (broad SMARTS) is 1. The van der Waals surface area contributed by atoms with Crippen LogP contribution in [0.3, 0.4) is 0 Å². The Morgan fingerprint density at radius 2 is 1.55 bits per heavy atom. The van der Waals surface area contributed by atoms with Gasteiger partial charge in [-0.2, -0.15) is 0 Å². The summed E-state index contributed by atoms with van der Waals surface area (Å²) in [5.74, 6) is -0.707. The molecule has 29 heavy (non-hydrogen) atoms. The zero-order chi connectivity index (χ0) is 19.4. The molecule has 0 spiro atoms. The molecule has 0 bridgehead atoms. The average molecular weight is 462 g/mol. The molecule has 0 radical (unpaired) electrons. The van der Waals surface area contributed by atoms with Gasteiger partial charge in [0.25, 0.3) is 0 Å². The van der Waals surface area contributed by atoms with Crippen molar-refractivity contribution < 1.29 is 127 Å². The molecule has 1 fully saturated rings. The number of benzene rings is 2. The number of hydrogen-bond donors (Lipinski definition) is 0. The molecular formula is C20H17K2NO5S. The van der Waals surface area contributed by atoms with E-state index in [1.165, 1.54) is 0 Å². The van der Waals surface area contributed by atoms with Crippen molar-refractivity contribution in [2.24, 2.45) is 5.92 Å². The second-order valence-electron chi connectivity index (χ2n) is 6.34. The Morgan fingerprint density at radius 3 is 2.00 bits per heavy atom. The van der Waals surface area contributed by atoms with Crippen LogP contribution in [-0.4, -0.2) is 22.4 Å². The van der Waals surface area contributed by atoms with Crippen molar-refractivity contribution in [3.8, 4) is 11.5 Å². The first-order valence-electron chi connectivity index (χ1n) is 8.43. The molecule has 2 aromatic carbocycles. The van der Waals surface area contributed by atoms with Gasteiger partial charge in [0, 0.05) is 5.97 Å². The molecule has 2 atom stereocenters. The van der Waals surface area contributed by atoms with Crippen LogP contribution in [0.4, 0.5) is 4.79 Å². The van der Waals surface area contributed by atoms with E-state index in [0.29, 0.717) is 24.3 Å². The molecule has 2 aromatic rings. The SMILES string of the molecule is C[C@@H](Cc1ccc(Oc2ccc(CC3SC(=O)[N-]C3=O)cc2)cc1)C(=O)[O-].[K+].[K+]. The normalized spacial score (nSPS) is 16.2. The zero-order valence-corrected chi connectivity index (χ0v) is 23.6. The van der Waals surface area contributed by atoms with Crippen LogP contribution in [0, 0.1) is 5.92 Å². The fourth-order valence-corrected chi connectivity index (χ4v) is 3.48. The van der Waals surface area contributed by atoms with Crippen LogP contribution >= 0.6 is 11.8 Å². The summed E-state index contributed by atoms with van der Waals surface area (Å²) < 4.78 is 5.78. The van der Waals surface area contributed by atoms with Crippen molar-refractivity contribution in [3.63, 3.8) is 0 Å². The first-order valence-corrected chi connectivity index (χ1v) is 9.31. The maximum absolute atomic E-state index is 11.6. The standard InChI is InChI=1S/C20H19NO5S.2K/c1-12(19(23)24)10-13-2-6-15(7-3-13)26-16-8-4-14(5-9-16)11-17-18(22)21-20(25)27-17;;/h2-9,12,17H,10-11H2,1H3,(H2,21,22,23,24,25);;/q;2*+1/p-2/t12-,17?;;/m0../s1. The topological polar surface area (TPSA) is 97.6 Å². The Balaban J connectivity index is 0.00000210. The molecule has 0 N–H and O–H groups in total. The van der Waals surface area contributed by atoms with Gasteiger partial charge in [-0.05, 0) is 54.2 Å². The van der Waals surface area contributed by atoms with E-state index in [4.69, 9.17) is 4.74 Å². The number of hydrogen-bond acceptors (Lipinski definition) is 6. The summed E-state index contributed by atoms with van der Waals surface area (Å²) in [5, 5.41) is 13.3. The molecule has 1 aliphatic rings. The number of carbonyl (C=O) groups is 3. The molecule has 1 unspecified atom stereocenters. The van der Waals surface area contributed by atoms with Gasteiger partial charge in [-0.3, -0.25) is 0 Å². The molecule has 2 amide bonds. The van der Waals surface area contributed by atoms with Crippen LogP contribution in [0.15, 0.2) is 48.5 Å². The maximum Gasteiger partial charge on any atom is 1.00 e. The number of nitrogens with zero attached hydrogens (tertiary/aromatic N) is 1. The molecule has 6 nitrogen and oxygen atoms in total. The summed E-state index contributed by atoms with van der Waals surface area (Å²) in [6.07, 6.45) is 0.855. The van der Waals surface area contributed by atoms with Gasteiger partial charge in [-0.1, -0.05) is 43.0 Å². The number of carboxylic acids is 1. The number of aliphatic carboxylic acids is 1. The molecule has 1 heterocycles. The molecule has 3 rings (SSSR count). The number of thioether (sulfide) groups is 1. The minimum absolute atomic E-state index is 0. The predicted molar refractivity (Wildman–Crippen MR) is 99.7 cm³/mol. The Bertz CT molecular complexity index is 858. The fraction of sp³-hybridized carbons (Fsp3) is 0.250. The minimum Gasteiger partial charge on any atom is -0.585 e. The summed E-state index contributed by atoms with van der Waals surface area (Å²) >= 11 is 0.955. The van der Waals surface area contributed by atoms with Crippen LogP contribution in [0.2, 0.25) is 0 Å². The Hall–Kier alpha value is 0.473. The number of carbonyl (C=O) groups excluding carboxylic acids is 3. The molecule has 1 saturated heterocycles. The predicted octanol–water partition coefficient (Wildman–Crippen LogP) is -2.91. The van der Waals surface area contributed by atoms with Gasteiger partial charge in [-0.25, -0.2) is 0 Å². The van der Waals surface area contributed by atoms with Crippen LogP contribution in [-0.2, 0) is 22.4 Å². The molecule has 140 valence electrons. The third kappa shape index (κ3) is 8.49. The average Bonchev–Trinajstić information content (AvgIpc) is 2.95. The smallest absolute Gasteiger partial charge is 0.585 e. The Morgan fingerprint density at radius 1 is 1.03 bits per heavy atom. The van der Waals surface area contributed by atoms with Crippen LogP contribution < -0.4 is 113 Å². The summed E-state index contributed by atoms with van der Waals surface area (Å²) in [5.41, 5.74) is 1.82. The number of imide groups is 1. The minimum atomic E-state index is -1.06. The van der Waals surface area contributed by atoms with Gasteiger partial charge in [0.2, 0.25) is 0 Å². The van der Waals surface area contributed by atoms with Crippen molar-refractivity contribution in [2.75, 3.05) is 0 Å². The van der Waals surface area contributed by atoms with E-state index >= 15 is 0 Å². The second-order valence-corrected chi connectivity index (χ2v) is 7.49. The third-order valence-corrected chi connectivity index (χ3v) is 5.11. The van der Waals surface area contributed by atoms with Gasteiger partial charge >= 0.3 is 103 Å². The third-order valence-electron chi connectivity index (χ3n) is 4.17. The molecular weight excluding hydrogens is 444 g/mol. The molecule has 0 aromatic heterocycles. The molecule has 1 aliphatic heterocycles. The van der Waals surface area contributed by atoms with E-state index in [1.54, 1.807) is 31.2 Å². The van der Waals surface area contributed by atoms with Crippen LogP contribution in [0.1, 0.15) is 18.1 Å². The molecule has 0 aliphatic carbocycles. The van der Waals surface area contributed by atoms with Gasteiger partial charge in [0.1, 0.15) is 16.7 Å². The van der Waals surface area contributed by atoms with Crippen molar-refractivity contribution in [3.05, 3.63) is 65.0 Å². The van der Waals surface area contributed by atoms with Crippen molar-refractivity contribution in [1.82, 2.24) is 0 Å². The van der Waals surface area contributed by atoms with Crippen LogP contribution in [0.5, 0.6) is 11.5 Å². The van der Waals surface area contributed by atoms with Crippen molar-refractivity contribution in [2.45, 2.75) is 25.0 Å². The Kier molecular flexibility index (Phi) is 12.4. The monoisotopic (exact) mass is 461 g/mol. The summed E-state index contributed by atoms with van der Waals surface area (Å²) in [4.78, 5) is 33.5. The summed E-state index contributed by atoms with van der Waals surface area (Å²) in [6, 6.07) is 14.5. The number of amides is 2. The van der Waals surface area contributed by atoms with E-state index in [1.807, 2.05) is 24.3 Å². The van der Waals surface area contributed by atoms with Gasteiger partial charge in [-0.15, -0.1) is 0 Å². The van der Waals surface area contributed by atoms with Crippen LogP contribution in [0.25, 0.3) is 5.32 Å². The van der Waals surface area contributed by atoms with E-state index in [-0.39, 0.29) is 109 Å². The van der Waals surface area contributed by atoms with E-state index in [9.17, 15) is 19.5 Å². The van der Waals surface area contributed by atoms with Gasteiger partial charge in [0.15, 0.2) is 0 Å². The zero-order valence-electron chi connectivity index (χ0n) is 16.6. The van der Waals surface area contributed by atoms with Gasteiger partial charge < -0.3 is 29.5 Å². The Labute approximate surface area is 258 Å². The number of rotatable bonds is 7. The quantitative estimate of drug-likeness (QED) is 0.410. The van der Waals surface area contributed by atoms with E-state index in [0.717, 1.165) is 22.9 Å². The van der Waals surface area contributed by atoms with Gasteiger partial charge in [0.05, 0.1) is 11.2 Å². The maximum atomic E-state index is 11.6. The largest absolute Gasteiger partial charge is 1.00 e. The number of ether oxygens (including phenoxy) is 1. The fourth-order valence-electron chi connectivity index (χ4n) is 2.66. The molecule has 0 saturated carbocycles. The second kappa shape index (κ2) is 13.1. The molecule has 9 heteroatoms.